The number of carbonyl (C=O) groups excluding carboxylic acids is 2. The van der Waals surface area contributed by atoms with Gasteiger partial charge in [0.1, 0.15) is 5.60 Å². The normalized spacial score (nSPS) is 11.1. The first-order valence-electron chi connectivity index (χ1n) is 6.14. The van der Waals surface area contributed by atoms with Crippen LogP contribution in [0.1, 0.15) is 37.6 Å². The van der Waals surface area contributed by atoms with Gasteiger partial charge in [-0.2, -0.15) is 0 Å². The summed E-state index contributed by atoms with van der Waals surface area (Å²) in [7, 11) is 0. The van der Waals surface area contributed by atoms with Crippen LogP contribution in [0, 0.1) is 0 Å². The van der Waals surface area contributed by atoms with Crippen LogP contribution >= 0.6 is 23.2 Å². The molecule has 0 aliphatic heterocycles. The smallest absolute Gasteiger partial charge is 0.407 e. The largest absolute Gasteiger partial charge is 0.444 e. The fourth-order valence-electron chi connectivity index (χ4n) is 1.44. The maximum atomic E-state index is 11.9. The average molecular weight is 318 g/mol. The molecule has 0 bridgehead atoms. The molecule has 0 unspecified atom stereocenters. The molecule has 0 aliphatic carbocycles. The Bertz CT molecular complexity index is 510. The lowest BCUT2D eigenvalue weighted by Crippen LogP contribution is -2.33. The van der Waals surface area contributed by atoms with Gasteiger partial charge in [0.25, 0.3) is 0 Å². The molecular weight excluding hydrogens is 301 g/mol. The standard InChI is InChI=1S/C14H17Cl2NO3/c1-14(2,3)20-13(19)17-7-6-12(18)10-5-4-9(15)8-11(10)16/h4-5,8H,6-7H2,1-3H3,(H,17,19). The summed E-state index contributed by atoms with van der Waals surface area (Å²) in [6.45, 7) is 5.49. The Hall–Kier alpha value is -1.26. The molecule has 1 aromatic carbocycles. The number of hydrogen-bond acceptors (Lipinski definition) is 3. The summed E-state index contributed by atoms with van der Waals surface area (Å²) in [6, 6.07) is 4.68. The minimum absolute atomic E-state index is 0.139. The maximum Gasteiger partial charge on any atom is 0.407 e. The Labute approximate surface area is 128 Å². The molecular formula is C14H17Cl2NO3. The lowest BCUT2D eigenvalue weighted by atomic mass is 10.1. The van der Waals surface area contributed by atoms with E-state index in [9.17, 15) is 9.59 Å². The van der Waals surface area contributed by atoms with Gasteiger partial charge in [0, 0.05) is 23.6 Å². The third-order valence-electron chi connectivity index (χ3n) is 2.25. The van der Waals surface area contributed by atoms with Gasteiger partial charge in [-0.25, -0.2) is 4.79 Å². The molecule has 0 saturated heterocycles. The number of Topliss-reactive ketones (excluding diaryl/α,β-unsaturated/α-hetero) is 1. The average Bonchev–Trinajstić information content (AvgIpc) is 2.25. The fraction of sp³-hybridized carbons (Fsp3) is 0.429. The van der Waals surface area contributed by atoms with Gasteiger partial charge in [-0.05, 0) is 39.0 Å². The second-order valence-electron chi connectivity index (χ2n) is 5.23. The minimum Gasteiger partial charge on any atom is -0.444 e. The quantitative estimate of drug-likeness (QED) is 0.851. The predicted octanol–water partition coefficient (Wildman–Crippen LogP) is 4.09. The van der Waals surface area contributed by atoms with Crippen molar-refractivity contribution in [1.29, 1.82) is 0 Å². The van der Waals surface area contributed by atoms with Crippen molar-refractivity contribution < 1.29 is 14.3 Å². The van der Waals surface area contributed by atoms with Gasteiger partial charge in [0.05, 0.1) is 5.02 Å². The van der Waals surface area contributed by atoms with Crippen LogP contribution in [-0.2, 0) is 4.74 Å². The third kappa shape index (κ3) is 5.80. The van der Waals surface area contributed by atoms with Crippen molar-refractivity contribution in [3.8, 4) is 0 Å². The Morgan fingerprint density at radius 1 is 1.25 bits per heavy atom. The summed E-state index contributed by atoms with van der Waals surface area (Å²) in [5.74, 6) is -0.164. The van der Waals surface area contributed by atoms with Crippen molar-refractivity contribution in [1.82, 2.24) is 5.32 Å². The summed E-state index contributed by atoms with van der Waals surface area (Å²) in [6.07, 6.45) is -0.409. The predicted molar refractivity (Wildman–Crippen MR) is 79.6 cm³/mol. The Morgan fingerprint density at radius 2 is 1.90 bits per heavy atom. The zero-order chi connectivity index (χ0) is 15.3. The second kappa shape index (κ2) is 6.95. The molecule has 20 heavy (non-hydrogen) atoms. The minimum atomic E-state index is -0.562. The number of halogens is 2. The van der Waals surface area contributed by atoms with Crippen LogP contribution in [0.2, 0.25) is 10.0 Å². The zero-order valence-electron chi connectivity index (χ0n) is 11.6. The number of nitrogens with one attached hydrogen (secondary N) is 1. The first-order valence-corrected chi connectivity index (χ1v) is 6.90. The van der Waals surface area contributed by atoms with E-state index >= 15 is 0 Å². The van der Waals surface area contributed by atoms with E-state index in [2.05, 4.69) is 5.32 Å². The molecule has 1 amide bonds. The molecule has 6 heteroatoms. The maximum absolute atomic E-state index is 11.9. The summed E-state index contributed by atoms with van der Waals surface area (Å²) >= 11 is 11.7. The molecule has 0 saturated carbocycles. The highest BCUT2D eigenvalue weighted by atomic mass is 35.5. The first-order chi connectivity index (χ1) is 9.19. The molecule has 0 atom stereocenters. The van der Waals surface area contributed by atoms with Gasteiger partial charge in [0.2, 0.25) is 0 Å². The lowest BCUT2D eigenvalue weighted by Gasteiger charge is -2.19. The van der Waals surface area contributed by atoms with Gasteiger partial charge >= 0.3 is 6.09 Å². The molecule has 0 aliphatic rings. The number of carbonyl (C=O) groups is 2. The first kappa shape index (κ1) is 16.8. The van der Waals surface area contributed by atoms with E-state index in [0.717, 1.165) is 0 Å². The molecule has 0 spiro atoms. The van der Waals surface area contributed by atoms with Crippen LogP contribution in [0.4, 0.5) is 4.79 Å². The Kier molecular flexibility index (Phi) is 5.84. The van der Waals surface area contributed by atoms with E-state index in [-0.39, 0.29) is 18.7 Å². The molecule has 4 nitrogen and oxygen atoms in total. The number of ketones is 1. The zero-order valence-corrected chi connectivity index (χ0v) is 13.1. The molecule has 1 N–H and O–H groups in total. The van der Waals surface area contributed by atoms with Crippen molar-refractivity contribution in [2.75, 3.05) is 6.54 Å². The molecule has 0 aromatic heterocycles. The Balaban J connectivity index is 2.46. The SMILES string of the molecule is CC(C)(C)OC(=O)NCCC(=O)c1ccc(Cl)cc1Cl. The van der Waals surface area contributed by atoms with E-state index in [1.165, 1.54) is 6.07 Å². The number of amides is 1. The highest BCUT2D eigenvalue weighted by Crippen LogP contribution is 2.22. The van der Waals surface area contributed by atoms with E-state index in [0.29, 0.717) is 15.6 Å². The summed E-state index contributed by atoms with van der Waals surface area (Å²) in [5, 5.41) is 3.30. The molecule has 0 heterocycles. The van der Waals surface area contributed by atoms with E-state index < -0.39 is 11.7 Å². The summed E-state index contributed by atoms with van der Waals surface area (Å²) < 4.78 is 5.06. The lowest BCUT2D eigenvalue weighted by molar-refractivity contribution is 0.0527. The van der Waals surface area contributed by atoms with Crippen molar-refractivity contribution >= 4 is 35.1 Å². The van der Waals surface area contributed by atoms with E-state index in [1.807, 2.05) is 0 Å². The van der Waals surface area contributed by atoms with Crippen molar-refractivity contribution in [2.24, 2.45) is 0 Å². The van der Waals surface area contributed by atoms with Crippen molar-refractivity contribution in [2.45, 2.75) is 32.8 Å². The molecule has 0 radical (unpaired) electrons. The van der Waals surface area contributed by atoms with Crippen molar-refractivity contribution in [3.63, 3.8) is 0 Å². The molecule has 110 valence electrons. The van der Waals surface area contributed by atoms with Gasteiger partial charge in [-0.3, -0.25) is 4.79 Å². The van der Waals surface area contributed by atoms with Crippen LogP contribution in [-0.4, -0.2) is 24.0 Å². The molecule has 0 fully saturated rings. The van der Waals surface area contributed by atoms with E-state index in [4.69, 9.17) is 27.9 Å². The number of alkyl carbamates (subject to hydrolysis) is 1. The summed E-state index contributed by atoms with van der Waals surface area (Å²) in [5.41, 5.74) is -0.171. The van der Waals surface area contributed by atoms with Crippen LogP contribution in [0.3, 0.4) is 0 Å². The monoisotopic (exact) mass is 317 g/mol. The van der Waals surface area contributed by atoms with Crippen LogP contribution in [0.5, 0.6) is 0 Å². The third-order valence-corrected chi connectivity index (χ3v) is 2.80. The molecule has 1 rings (SSSR count). The number of hydrogen-bond donors (Lipinski definition) is 1. The van der Waals surface area contributed by atoms with Crippen LogP contribution in [0.25, 0.3) is 0 Å². The van der Waals surface area contributed by atoms with E-state index in [1.54, 1.807) is 32.9 Å². The Morgan fingerprint density at radius 3 is 2.45 bits per heavy atom. The van der Waals surface area contributed by atoms with Gasteiger partial charge in [-0.1, -0.05) is 23.2 Å². The fourth-order valence-corrected chi connectivity index (χ4v) is 1.96. The van der Waals surface area contributed by atoms with Gasteiger partial charge < -0.3 is 10.1 Å². The van der Waals surface area contributed by atoms with Crippen LogP contribution in [0.15, 0.2) is 18.2 Å². The highest BCUT2D eigenvalue weighted by Gasteiger charge is 2.16. The van der Waals surface area contributed by atoms with Crippen LogP contribution < -0.4 is 5.32 Å². The number of benzene rings is 1. The van der Waals surface area contributed by atoms with Gasteiger partial charge in [0.15, 0.2) is 5.78 Å². The second-order valence-corrected chi connectivity index (χ2v) is 6.07. The van der Waals surface area contributed by atoms with Gasteiger partial charge in [-0.15, -0.1) is 0 Å². The molecule has 1 aromatic rings. The highest BCUT2D eigenvalue weighted by molar-refractivity contribution is 6.36. The topological polar surface area (TPSA) is 55.4 Å². The number of rotatable bonds is 4. The number of ether oxygens (including phenoxy) is 1. The summed E-state index contributed by atoms with van der Waals surface area (Å²) in [4.78, 5) is 23.3. The van der Waals surface area contributed by atoms with Crippen molar-refractivity contribution in [3.05, 3.63) is 33.8 Å².